The van der Waals surface area contributed by atoms with Gasteiger partial charge in [-0.15, -0.1) is 0 Å². The number of carbonyl (C=O) groups is 1. The van der Waals surface area contributed by atoms with Crippen LogP contribution in [0.5, 0.6) is 5.75 Å². The summed E-state index contributed by atoms with van der Waals surface area (Å²) in [4.78, 5) is 11.4. The molecule has 7 nitrogen and oxygen atoms in total. The van der Waals surface area contributed by atoms with Crippen molar-refractivity contribution in [3.05, 3.63) is 65.2 Å². The van der Waals surface area contributed by atoms with E-state index >= 15 is 0 Å². The highest BCUT2D eigenvalue weighted by atomic mass is 32.2. The van der Waals surface area contributed by atoms with Crippen molar-refractivity contribution in [1.82, 2.24) is 10.7 Å². The number of rotatable bonds is 5. The fraction of sp³-hybridized carbons (Fsp3) is 0.176. The number of alkyl halides is 3. The second-order valence-corrected chi connectivity index (χ2v) is 7.06. The average Bonchev–Trinajstić information content (AvgIpc) is 2.63. The van der Waals surface area contributed by atoms with Crippen LogP contribution in [0.3, 0.4) is 0 Å². The predicted molar refractivity (Wildman–Crippen MR) is 96.5 cm³/mol. The molecule has 0 aliphatic carbocycles. The zero-order valence-electron chi connectivity index (χ0n) is 14.7. The van der Waals surface area contributed by atoms with Crippen LogP contribution >= 0.6 is 0 Å². The molecule has 0 bridgehead atoms. The van der Waals surface area contributed by atoms with Crippen molar-refractivity contribution in [2.24, 2.45) is 5.10 Å². The molecule has 0 atom stereocenters. The van der Waals surface area contributed by atoms with E-state index in [1.165, 1.54) is 19.2 Å². The van der Waals surface area contributed by atoms with Crippen LogP contribution in [0.2, 0.25) is 0 Å². The molecule has 2 aromatic carbocycles. The Bertz CT molecular complexity index is 970. The first-order chi connectivity index (χ1) is 13.0. The number of halogens is 3. The lowest BCUT2D eigenvalue weighted by Gasteiger charge is -2.11. The Morgan fingerprint density at radius 1 is 1.00 bits per heavy atom. The number of hydrogen-bond donors (Lipinski definition) is 2. The maximum absolute atomic E-state index is 12.4. The molecule has 0 aromatic heterocycles. The summed E-state index contributed by atoms with van der Waals surface area (Å²) in [5.74, 6) is -0.511. The predicted octanol–water partition coefficient (Wildman–Crippen LogP) is 2.90. The maximum atomic E-state index is 12.4. The molecule has 0 heterocycles. The Hall–Kier alpha value is -3.08. The first kappa shape index (κ1) is 21.2. The van der Waals surface area contributed by atoms with Gasteiger partial charge in [-0.2, -0.15) is 26.7 Å². The van der Waals surface area contributed by atoms with Gasteiger partial charge in [-0.1, -0.05) is 29.8 Å². The molecule has 11 heteroatoms. The number of amides is 2. The SMILES string of the molecule is CNC(=O)N/N=C(/c1ccc(C)cc1)c1ccc(OS(=O)(=O)C(F)(F)F)cc1. The molecule has 2 rings (SSSR count). The van der Waals surface area contributed by atoms with Gasteiger partial charge in [-0.25, -0.2) is 10.2 Å². The van der Waals surface area contributed by atoms with Gasteiger partial charge in [0.25, 0.3) is 0 Å². The Morgan fingerprint density at radius 2 is 1.50 bits per heavy atom. The Balaban J connectivity index is 2.36. The smallest absolute Gasteiger partial charge is 0.376 e. The van der Waals surface area contributed by atoms with E-state index < -0.39 is 27.4 Å². The van der Waals surface area contributed by atoms with Crippen molar-refractivity contribution in [3.63, 3.8) is 0 Å². The summed E-state index contributed by atoms with van der Waals surface area (Å²) in [5.41, 5.74) is -0.911. The molecule has 0 aliphatic heterocycles. The van der Waals surface area contributed by atoms with Crippen molar-refractivity contribution >= 4 is 21.9 Å². The third-order valence-electron chi connectivity index (χ3n) is 3.44. The second kappa shape index (κ2) is 8.30. The minimum absolute atomic E-state index is 0.314. The molecular formula is C17H16F3N3O4S. The zero-order chi connectivity index (χ0) is 20.9. The summed E-state index contributed by atoms with van der Waals surface area (Å²) < 4.78 is 63.5. The van der Waals surface area contributed by atoms with E-state index in [0.29, 0.717) is 16.8 Å². The van der Waals surface area contributed by atoms with Crippen LogP contribution in [0.4, 0.5) is 18.0 Å². The van der Waals surface area contributed by atoms with Crippen molar-refractivity contribution in [3.8, 4) is 5.75 Å². The van der Waals surface area contributed by atoms with Gasteiger partial charge in [-0.3, -0.25) is 0 Å². The summed E-state index contributed by atoms with van der Waals surface area (Å²) >= 11 is 0. The van der Waals surface area contributed by atoms with E-state index in [1.807, 2.05) is 19.1 Å². The van der Waals surface area contributed by atoms with Crippen LogP contribution in [0.1, 0.15) is 16.7 Å². The molecule has 0 fully saturated rings. The maximum Gasteiger partial charge on any atom is 0.534 e. The largest absolute Gasteiger partial charge is 0.534 e. The summed E-state index contributed by atoms with van der Waals surface area (Å²) in [7, 11) is -4.35. The fourth-order valence-electron chi connectivity index (χ4n) is 2.01. The van der Waals surface area contributed by atoms with Gasteiger partial charge >= 0.3 is 21.7 Å². The van der Waals surface area contributed by atoms with E-state index in [4.69, 9.17) is 0 Å². The molecule has 28 heavy (non-hydrogen) atoms. The van der Waals surface area contributed by atoms with Crippen molar-refractivity contribution < 1.29 is 30.6 Å². The summed E-state index contributed by atoms with van der Waals surface area (Å²) in [6.45, 7) is 1.89. The van der Waals surface area contributed by atoms with Crippen LogP contribution < -0.4 is 14.9 Å². The zero-order valence-corrected chi connectivity index (χ0v) is 15.6. The van der Waals surface area contributed by atoms with Gasteiger partial charge < -0.3 is 9.50 Å². The standard InChI is InChI=1S/C17H16F3N3O4S/c1-11-3-5-12(6-4-11)15(22-23-16(24)21-2)13-7-9-14(10-8-13)27-28(25,26)17(18,19)20/h3-10H,1-2H3,(H2,21,23,24)/b22-15-. The lowest BCUT2D eigenvalue weighted by atomic mass is 10.0. The van der Waals surface area contributed by atoms with Crippen LogP contribution in [-0.4, -0.2) is 32.7 Å². The molecular weight excluding hydrogens is 399 g/mol. The lowest BCUT2D eigenvalue weighted by Crippen LogP contribution is -2.30. The molecule has 2 aromatic rings. The summed E-state index contributed by atoms with van der Waals surface area (Å²) in [5, 5.41) is 6.35. The summed E-state index contributed by atoms with van der Waals surface area (Å²) in [6.07, 6.45) is 0. The monoisotopic (exact) mass is 415 g/mol. The Kier molecular flexibility index (Phi) is 6.29. The number of nitrogens with zero attached hydrogens (tertiary/aromatic N) is 1. The topological polar surface area (TPSA) is 96.9 Å². The third-order valence-corrected chi connectivity index (χ3v) is 4.42. The highest BCUT2D eigenvalue weighted by Gasteiger charge is 2.48. The quantitative estimate of drug-likeness (QED) is 0.340. The van der Waals surface area contributed by atoms with Crippen molar-refractivity contribution in [2.75, 3.05) is 7.05 Å². The normalized spacial score (nSPS) is 12.4. The van der Waals surface area contributed by atoms with E-state index in [0.717, 1.165) is 17.7 Å². The minimum Gasteiger partial charge on any atom is -0.376 e. The molecule has 2 N–H and O–H groups in total. The molecule has 0 radical (unpaired) electrons. The van der Waals surface area contributed by atoms with Crippen LogP contribution in [0, 0.1) is 6.92 Å². The molecule has 0 saturated heterocycles. The Labute approximate surface area is 159 Å². The van der Waals surface area contributed by atoms with Gasteiger partial charge in [0.2, 0.25) is 0 Å². The average molecular weight is 415 g/mol. The molecule has 150 valence electrons. The number of urea groups is 1. The van der Waals surface area contributed by atoms with E-state index in [-0.39, 0.29) is 0 Å². The first-order valence-corrected chi connectivity index (χ1v) is 9.18. The highest BCUT2D eigenvalue weighted by Crippen LogP contribution is 2.27. The van der Waals surface area contributed by atoms with Crippen LogP contribution in [-0.2, 0) is 10.1 Å². The van der Waals surface area contributed by atoms with Gasteiger partial charge in [0.15, 0.2) is 0 Å². The van der Waals surface area contributed by atoms with Gasteiger partial charge in [0, 0.05) is 18.2 Å². The van der Waals surface area contributed by atoms with E-state index in [9.17, 15) is 26.4 Å². The van der Waals surface area contributed by atoms with Crippen LogP contribution in [0.15, 0.2) is 53.6 Å². The van der Waals surface area contributed by atoms with E-state index in [2.05, 4.69) is 20.0 Å². The summed E-state index contributed by atoms with van der Waals surface area (Å²) in [6, 6.07) is 11.3. The highest BCUT2D eigenvalue weighted by molar-refractivity contribution is 7.88. The molecule has 2 amide bonds. The van der Waals surface area contributed by atoms with Gasteiger partial charge in [0.05, 0.1) is 5.71 Å². The minimum atomic E-state index is -5.76. The number of aryl methyl sites for hydroxylation is 1. The van der Waals surface area contributed by atoms with Gasteiger partial charge in [-0.05, 0) is 31.2 Å². The molecule has 0 unspecified atom stereocenters. The van der Waals surface area contributed by atoms with E-state index in [1.54, 1.807) is 12.1 Å². The third kappa shape index (κ3) is 5.22. The second-order valence-electron chi connectivity index (χ2n) is 5.52. The number of hydrazone groups is 1. The number of benzene rings is 2. The van der Waals surface area contributed by atoms with Crippen LogP contribution in [0.25, 0.3) is 0 Å². The molecule has 0 saturated carbocycles. The molecule has 0 aliphatic rings. The van der Waals surface area contributed by atoms with Gasteiger partial charge in [0.1, 0.15) is 5.75 Å². The Morgan fingerprint density at radius 3 is 1.96 bits per heavy atom. The number of carbonyl (C=O) groups excluding carboxylic acids is 1. The fourth-order valence-corrected chi connectivity index (χ4v) is 2.47. The number of nitrogens with one attached hydrogen (secondary N) is 2. The van der Waals surface area contributed by atoms with Crippen molar-refractivity contribution in [1.29, 1.82) is 0 Å². The lowest BCUT2D eigenvalue weighted by molar-refractivity contribution is -0.0500. The number of hydrogen-bond acceptors (Lipinski definition) is 5. The molecule has 0 spiro atoms. The first-order valence-electron chi connectivity index (χ1n) is 7.77. The van der Waals surface area contributed by atoms with Crippen molar-refractivity contribution in [2.45, 2.75) is 12.4 Å².